The molecular formula is C10H18N4O2S. The van der Waals surface area contributed by atoms with E-state index in [2.05, 4.69) is 20.5 Å². The molecule has 0 spiro atoms. The summed E-state index contributed by atoms with van der Waals surface area (Å²) in [4.78, 5) is 15.8. The lowest BCUT2D eigenvalue weighted by Gasteiger charge is -2.26. The molecule has 1 unspecified atom stereocenters. The number of esters is 1. The van der Waals surface area contributed by atoms with Gasteiger partial charge in [-0.05, 0) is 27.3 Å². The van der Waals surface area contributed by atoms with Gasteiger partial charge in [-0.25, -0.2) is 4.98 Å². The summed E-state index contributed by atoms with van der Waals surface area (Å²) >= 11 is 1.53. The minimum absolute atomic E-state index is 0.222. The van der Waals surface area contributed by atoms with Crippen LogP contribution in [0, 0.1) is 0 Å². The Balaban J connectivity index is 2.43. The van der Waals surface area contributed by atoms with E-state index in [9.17, 15) is 4.79 Å². The number of aromatic amines is 1. The number of nitrogens with one attached hydrogen (secondary N) is 2. The lowest BCUT2D eigenvalue weighted by Crippen LogP contribution is -2.49. The SMILES string of the molecule is CCOC(=O)C(C)(CCSc1ncn[nH]1)NC. The van der Waals surface area contributed by atoms with Gasteiger partial charge >= 0.3 is 5.97 Å². The average Bonchev–Trinajstić information content (AvgIpc) is 2.82. The fraction of sp³-hybridized carbons (Fsp3) is 0.700. The zero-order valence-corrected chi connectivity index (χ0v) is 11.1. The van der Waals surface area contributed by atoms with Gasteiger partial charge in [-0.3, -0.25) is 9.89 Å². The van der Waals surface area contributed by atoms with Crippen LogP contribution in [0.5, 0.6) is 0 Å². The standard InChI is InChI=1S/C10H18N4O2S/c1-4-16-8(15)10(2,11-3)5-6-17-9-12-7-13-14-9/h7,11H,4-6H2,1-3H3,(H,12,13,14). The Morgan fingerprint density at radius 3 is 3.00 bits per heavy atom. The number of hydrogen-bond donors (Lipinski definition) is 2. The van der Waals surface area contributed by atoms with Gasteiger partial charge in [-0.1, -0.05) is 11.8 Å². The Morgan fingerprint density at radius 1 is 1.71 bits per heavy atom. The Hall–Kier alpha value is -1.08. The number of hydrogen-bond acceptors (Lipinski definition) is 6. The Morgan fingerprint density at radius 2 is 2.47 bits per heavy atom. The van der Waals surface area contributed by atoms with Gasteiger partial charge in [0.2, 0.25) is 0 Å². The van der Waals surface area contributed by atoms with Gasteiger partial charge in [0.25, 0.3) is 0 Å². The zero-order chi connectivity index (χ0) is 12.7. The van der Waals surface area contributed by atoms with E-state index in [0.29, 0.717) is 13.0 Å². The van der Waals surface area contributed by atoms with E-state index >= 15 is 0 Å². The summed E-state index contributed by atoms with van der Waals surface area (Å²) in [5.41, 5.74) is -0.650. The molecule has 96 valence electrons. The van der Waals surface area contributed by atoms with Gasteiger partial charge < -0.3 is 10.1 Å². The van der Waals surface area contributed by atoms with E-state index < -0.39 is 5.54 Å². The van der Waals surface area contributed by atoms with Crippen LogP contribution in [0.2, 0.25) is 0 Å². The highest BCUT2D eigenvalue weighted by atomic mass is 32.2. The monoisotopic (exact) mass is 258 g/mol. The van der Waals surface area contributed by atoms with Gasteiger partial charge in [0.05, 0.1) is 6.61 Å². The summed E-state index contributed by atoms with van der Waals surface area (Å²) < 4.78 is 5.04. The second-order valence-corrected chi connectivity index (χ2v) is 4.78. The molecule has 1 aromatic rings. The quantitative estimate of drug-likeness (QED) is 0.557. The summed E-state index contributed by atoms with van der Waals surface area (Å²) in [6.45, 7) is 4.04. The third-order valence-electron chi connectivity index (χ3n) is 2.51. The second kappa shape index (κ2) is 6.61. The second-order valence-electron chi connectivity index (χ2n) is 3.69. The highest BCUT2D eigenvalue weighted by molar-refractivity contribution is 7.99. The third-order valence-corrected chi connectivity index (χ3v) is 3.39. The first kappa shape index (κ1) is 14.0. The van der Waals surface area contributed by atoms with Crippen LogP contribution in [0.4, 0.5) is 0 Å². The molecule has 0 bridgehead atoms. The highest BCUT2D eigenvalue weighted by Gasteiger charge is 2.32. The van der Waals surface area contributed by atoms with Crippen molar-refractivity contribution < 1.29 is 9.53 Å². The van der Waals surface area contributed by atoms with Gasteiger partial charge in [0, 0.05) is 5.75 Å². The molecule has 0 amide bonds. The van der Waals surface area contributed by atoms with Crippen LogP contribution in [0.1, 0.15) is 20.3 Å². The highest BCUT2D eigenvalue weighted by Crippen LogP contribution is 2.19. The Kier molecular flexibility index (Phi) is 5.43. The van der Waals surface area contributed by atoms with Crippen molar-refractivity contribution in [2.45, 2.75) is 31.0 Å². The number of aromatic nitrogens is 3. The topological polar surface area (TPSA) is 79.9 Å². The average molecular weight is 258 g/mol. The number of carbonyl (C=O) groups excluding carboxylic acids is 1. The molecule has 0 aliphatic carbocycles. The van der Waals surface area contributed by atoms with Crippen molar-refractivity contribution in [3.63, 3.8) is 0 Å². The van der Waals surface area contributed by atoms with Gasteiger partial charge in [-0.15, -0.1) is 0 Å². The molecule has 17 heavy (non-hydrogen) atoms. The number of nitrogens with zero attached hydrogens (tertiary/aromatic N) is 2. The van der Waals surface area contributed by atoms with Crippen LogP contribution in [-0.4, -0.2) is 46.1 Å². The van der Waals surface area contributed by atoms with Crippen molar-refractivity contribution in [3.05, 3.63) is 6.33 Å². The summed E-state index contributed by atoms with van der Waals surface area (Å²) in [7, 11) is 1.76. The van der Waals surface area contributed by atoms with Gasteiger partial charge in [0.15, 0.2) is 5.16 Å². The van der Waals surface area contributed by atoms with E-state index in [1.165, 1.54) is 18.1 Å². The first-order valence-electron chi connectivity index (χ1n) is 5.46. The summed E-state index contributed by atoms with van der Waals surface area (Å²) in [6, 6.07) is 0. The van der Waals surface area contributed by atoms with Crippen LogP contribution >= 0.6 is 11.8 Å². The molecule has 0 aliphatic rings. The first-order chi connectivity index (χ1) is 8.12. The fourth-order valence-electron chi connectivity index (χ4n) is 1.24. The number of carbonyl (C=O) groups is 1. The lowest BCUT2D eigenvalue weighted by atomic mass is 10.00. The van der Waals surface area contributed by atoms with Crippen molar-refractivity contribution >= 4 is 17.7 Å². The molecule has 1 rings (SSSR count). The number of rotatable bonds is 7. The Labute approximate surface area is 105 Å². The van der Waals surface area contributed by atoms with Crippen molar-refractivity contribution in [1.29, 1.82) is 0 Å². The number of H-pyrrole nitrogens is 1. The minimum atomic E-state index is -0.650. The van der Waals surface area contributed by atoms with Crippen molar-refractivity contribution in [2.75, 3.05) is 19.4 Å². The van der Waals surface area contributed by atoms with Crippen LogP contribution in [-0.2, 0) is 9.53 Å². The molecular weight excluding hydrogens is 240 g/mol. The first-order valence-corrected chi connectivity index (χ1v) is 6.45. The van der Waals surface area contributed by atoms with Gasteiger partial charge in [0.1, 0.15) is 11.9 Å². The Bertz CT molecular complexity index is 344. The molecule has 0 aliphatic heterocycles. The number of thioether (sulfide) groups is 1. The van der Waals surface area contributed by atoms with E-state index in [4.69, 9.17) is 4.74 Å². The van der Waals surface area contributed by atoms with E-state index in [0.717, 1.165) is 10.9 Å². The predicted molar refractivity (Wildman–Crippen MR) is 65.8 cm³/mol. The maximum atomic E-state index is 11.8. The molecule has 1 aromatic heterocycles. The summed E-state index contributed by atoms with van der Waals surface area (Å²) in [5.74, 6) is 0.534. The number of ether oxygens (including phenoxy) is 1. The summed E-state index contributed by atoms with van der Waals surface area (Å²) in [6.07, 6.45) is 2.12. The third kappa shape index (κ3) is 4.01. The normalized spacial score (nSPS) is 14.3. The molecule has 7 heteroatoms. The van der Waals surface area contributed by atoms with E-state index in [1.807, 2.05) is 6.92 Å². The molecule has 0 saturated heterocycles. The van der Waals surface area contributed by atoms with Crippen LogP contribution in [0.15, 0.2) is 11.5 Å². The molecule has 0 fully saturated rings. The van der Waals surface area contributed by atoms with Crippen LogP contribution < -0.4 is 5.32 Å². The predicted octanol–water partition coefficient (Wildman–Crippen LogP) is 0.828. The van der Waals surface area contributed by atoms with Crippen molar-refractivity contribution in [3.8, 4) is 0 Å². The minimum Gasteiger partial charge on any atom is -0.465 e. The molecule has 1 atom stereocenters. The van der Waals surface area contributed by atoms with Crippen LogP contribution in [0.25, 0.3) is 0 Å². The van der Waals surface area contributed by atoms with E-state index in [-0.39, 0.29) is 5.97 Å². The van der Waals surface area contributed by atoms with E-state index in [1.54, 1.807) is 14.0 Å². The lowest BCUT2D eigenvalue weighted by molar-refractivity contribution is -0.150. The van der Waals surface area contributed by atoms with Crippen molar-refractivity contribution in [2.24, 2.45) is 0 Å². The smallest absolute Gasteiger partial charge is 0.326 e. The molecule has 0 radical (unpaired) electrons. The molecule has 1 heterocycles. The van der Waals surface area contributed by atoms with Crippen LogP contribution in [0.3, 0.4) is 0 Å². The van der Waals surface area contributed by atoms with Crippen molar-refractivity contribution in [1.82, 2.24) is 20.5 Å². The molecule has 2 N–H and O–H groups in total. The van der Waals surface area contributed by atoms with Gasteiger partial charge in [-0.2, -0.15) is 5.10 Å². The maximum Gasteiger partial charge on any atom is 0.326 e. The number of likely N-dealkylation sites (N-methyl/N-ethyl adjacent to an activating group) is 1. The largest absolute Gasteiger partial charge is 0.465 e. The zero-order valence-electron chi connectivity index (χ0n) is 10.3. The fourth-order valence-corrected chi connectivity index (χ4v) is 2.18. The molecule has 6 nitrogen and oxygen atoms in total. The maximum absolute atomic E-state index is 11.8. The molecule has 0 saturated carbocycles. The molecule has 0 aromatic carbocycles. The summed E-state index contributed by atoms with van der Waals surface area (Å²) in [5, 5.41) is 10.3.